The number of benzene rings is 2. The fourth-order valence-corrected chi connectivity index (χ4v) is 3.46. The number of carbonyl (C=O) groups is 2. The average molecular weight is 451 g/mol. The van der Waals surface area contributed by atoms with E-state index in [1.165, 1.54) is 0 Å². The lowest BCUT2D eigenvalue weighted by Crippen LogP contribution is -2.54. The molecule has 0 saturated heterocycles. The summed E-state index contributed by atoms with van der Waals surface area (Å²) >= 11 is 12.0. The highest BCUT2D eigenvalue weighted by Gasteiger charge is 2.31. The predicted molar refractivity (Wildman–Crippen MR) is 116 cm³/mol. The molecule has 2 amide bonds. The van der Waals surface area contributed by atoms with E-state index >= 15 is 0 Å². The molecule has 0 atom stereocenters. The lowest BCUT2D eigenvalue weighted by molar-refractivity contribution is -0.123. The molecule has 30 heavy (non-hydrogen) atoms. The maximum absolute atomic E-state index is 12.0. The highest BCUT2D eigenvalue weighted by molar-refractivity contribution is 6.32. The second-order valence-corrected chi connectivity index (χ2v) is 7.87. The molecule has 3 rings (SSSR count). The van der Waals surface area contributed by atoms with Crippen molar-refractivity contribution in [2.75, 3.05) is 13.2 Å². The average Bonchev–Trinajstić information content (AvgIpc) is 2.69. The number of nitrogens with one attached hydrogen (secondary N) is 2. The van der Waals surface area contributed by atoms with Crippen LogP contribution in [0.4, 0.5) is 0 Å². The third-order valence-corrected chi connectivity index (χ3v) is 5.34. The first-order valence-corrected chi connectivity index (χ1v) is 10.6. The molecule has 2 aromatic rings. The van der Waals surface area contributed by atoms with Crippen LogP contribution in [0.25, 0.3) is 0 Å². The Kier molecular flexibility index (Phi) is 8.22. The van der Waals surface area contributed by atoms with E-state index in [0.717, 1.165) is 0 Å². The van der Waals surface area contributed by atoms with Crippen molar-refractivity contribution in [3.63, 3.8) is 0 Å². The molecule has 6 nitrogen and oxygen atoms in total. The summed E-state index contributed by atoms with van der Waals surface area (Å²) in [6.07, 6.45) is 1.93. The summed E-state index contributed by atoms with van der Waals surface area (Å²) < 4.78 is 11.0. The molecular weight excluding hydrogens is 427 g/mol. The SMILES string of the molecule is O=C(CCOc1ccccc1Cl)NC1CC(NC(=O)CCOc2ccccc2Cl)C1. The van der Waals surface area contributed by atoms with Crippen LogP contribution >= 0.6 is 23.2 Å². The zero-order valence-corrected chi connectivity index (χ0v) is 17.9. The van der Waals surface area contributed by atoms with Gasteiger partial charge >= 0.3 is 0 Å². The summed E-state index contributed by atoms with van der Waals surface area (Å²) in [6.45, 7) is 0.516. The third-order valence-electron chi connectivity index (χ3n) is 4.71. The van der Waals surface area contributed by atoms with Gasteiger partial charge in [0.25, 0.3) is 0 Å². The smallest absolute Gasteiger partial charge is 0.223 e. The molecule has 1 fully saturated rings. The Hall–Kier alpha value is -2.44. The molecule has 0 aromatic heterocycles. The number of ether oxygens (including phenoxy) is 2. The second kappa shape index (κ2) is 11.1. The number of hydrogen-bond donors (Lipinski definition) is 2. The first-order chi connectivity index (χ1) is 14.5. The Labute approximate surface area is 185 Å². The van der Waals surface area contributed by atoms with Crippen LogP contribution in [0.3, 0.4) is 0 Å². The molecule has 0 spiro atoms. The van der Waals surface area contributed by atoms with Gasteiger partial charge in [0.1, 0.15) is 11.5 Å². The molecule has 1 aliphatic carbocycles. The van der Waals surface area contributed by atoms with Crippen molar-refractivity contribution >= 4 is 35.0 Å². The van der Waals surface area contributed by atoms with Gasteiger partial charge in [0.2, 0.25) is 11.8 Å². The van der Waals surface area contributed by atoms with Crippen LogP contribution < -0.4 is 20.1 Å². The predicted octanol–water partition coefficient (Wildman–Crippen LogP) is 3.99. The van der Waals surface area contributed by atoms with Gasteiger partial charge in [-0.25, -0.2) is 0 Å². The van der Waals surface area contributed by atoms with E-state index in [2.05, 4.69) is 10.6 Å². The van der Waals surface area contributed by atoms with Crippen molar-refractivity contribution in [1.29, 1.82) is 0 Å². The maximum atomic E-state index is 12.0. The highest BCUT2D eigenvalue weighted by atomic mass is 35.5. The first-order valence-electron chi connectivity index (χ1n) is 9.84. The van der Waals surface area contributed by atoms with Crippen LogP contribution in [0.5, 0.6) is 11.5 Å². The summed E-state index contributed by atoms with van der Waals surface area (Å²) in [5.41, 5.74) is 0. The lowest BCUT2D eigenvalue weighted by Gasteiger charge is -2.36. The van der Waals surface area contributed by atoms with Crippen molar-refractivity contribution in [3.05, 3.63) is 58.6 Å². The van der Waals surface area contributed by atoms with Crippen molar-refractivity contribution in [2.45, 2.75) is 37.8 Å². The number of carbonyl (C=O) groups excluding carboxylic acids is 2. The van der Waals surface area contributed by atoms with Crippen LogP contribution in [-0.2, 0) is 9.59 Å². The molecular formula is C22H24Cl2N2O4. The van der Waals surface area contributed by atoms with Gasteiger partial charge in [-0.05, 0) is 37.1 Å². The van der Waals surface area contributed by atoms with Gasteiger partial charge in [0, 0.05) is 12.1 Å². The van der Waals surface area contributed by atoms with Gasteiger partial charge in [-0.15, -0.1) is 0 Å². The molecule has 0 unspecified atom stereocenters. The topological polar surface area (TPSA) is 76.7 Å². The van der Waals surface area contributed by atoms with Gasteiger partial charge in [0.05, 0.1) is 36.1 Å². The van der Waals surface area contributed by atoms with Gasteiger partial charge in [-0.3, -0.25) is 9.59 Å². The Morgan fingerprint density at radius 2 is 1.17 bits per heavy atom. The van der Waals surface area contributed by atoms with Crippen LogP contribution in [0.15, 0.2) is 48.5 Å². The third kappa shape index (κ3) is 6.82. The normalized spacial score (nSPS) is 17.5. The van der Waals surface area contributed by atoms with E-state index < -0.39 is 0 Å². The summed E-state index contributed by atoms with van der Waals surface area (Å²) in [5.74, 6) is 0.976. The summed E-state index contributed by atoms with van der Waals surface area (Å²) in [4.78, 5) is 24.0. The summed E-state index contributed by atoms with van der Waals surface area (Å²) in [6, 6.07) is 14.4. The van der Waals surface area contributed by atoms with Gasteiger partial charge in [-0.2, -0.15) is 0 Å². The molecule has 0 radical (unpaired) electrons. The van der Waals surface area contributed by atoms with Gasteiger partial charge < -0.3 is 20.1 Å². The summed E-state index contributed by atoms with van der Waals surface area (Å²) in [5, 5.41) is 6.94. The minimum absolute atomic E-state index is 0.0717. The standard InChI is InChI=1S/C22H24Cl2N2O4/c23-17-5-1-3-7-19(17)29-11-9-21(27)25-15-13-16(14-15)26-22(28)10-12-30-20-8-4-2-6-18(20)24/h1-8,15-16H,9-14H2,(H,25,27)(H,26,28). The number of para-hydroxylation sites is 2. The molecule has 2 aromatic carbocycles. The van der Waals surface area contributed by atoms with E-state index in [9.17, 15) is 9.59 Å². The van der Waals surface area contributed by atoms with Crippen LogP contribution in [0, 0.1) is 0 Å². The Morgan fingerprint density at radius 3 is 1.57 bits per heavy atom. The Bertz CT molecular complexity index is 802. The molecule has 0 aliphatic heterocycles. The van der Waals surface area contributed by atoms with E-state index in [-0.39, 0.29) is 50.0 Å². The van der Waals surface area contributed by atoms with Gasteiger partial charge in [0.15, 0.2) is 0 Å². The quantitative estimate of drug-likeness (QED) is 0.573. The highest BCUT2D eigenvalue weighted by Crippen LogP contribution is 2.24. The first kappa shape index (κ1) is 22.2. The Balaban J connectivity index is 1.25. The van der Waals surface area contributed by atoms with Gasteiger partial charge in [-0.1, -0.05) is 47.5 Å². The maximum Gasteiger partial charge on any atom is 0.223 e. The molecule has 160 valence electrons. The minimum Gasteiger partial charge on any atom is -0.491 e. The zero-order chi connectivity index (χ0) is 21.3. The van der Waals surface area contributed by atoms with Crippen molar-refractivity contribution in [1.82, 2.24) is 10.6 Å². The fourth-order valence-electron chi connectivity index (χ4n) is 3.08. The largest absolute Gasteiger partial charge is 0.491 e. The molecule has 2 N–H and O–H groups in total. The number of amides is 2. The van der Waals surface area contributed by atoms with E-state index in [4.69, 9.17) is 32.7 Å². The second-order valence-electron chi connectivity index (χ2n) is 7.06. The van der Waals surface area contributed by atoms with E-state index in [1.807, 2.05) is 24.3 Å². The fraction of sp³-hybridized carbons (Fsp3) is 0.364. The van der Waals surface area contributed by atoms with E-state index in [0.29, 0.717) is 34.4 Å². The lowest BCUT2D eigenvalue weighted by atomic mass is 9.86. The van der Waals surface area contributed by atoms with Crippen molar-refractivity contribution < 1.29 is 19.1 Å². The zero-order valence-electron chi connectivity index (χ0n) is 16.4. The van der Waals surface area contributed by atoms with E-state index in [1.54, 1.807) is 24.3 Å². The summed E-state index contributed by atoms with van der Waals surface area (Å²) in [7, 11) is 0. The number of halogens is 2. The van der Waals surface area contributed by atoms with Crippen molar-refractivity contribution in [3.8, 4) is 11.5 Å². The monoisotopic (exact) mass is 450 g/mol. The molecule has 1 aliphatic rings. The Morgan fingerprint density at radius 1 is 0.767 bits per heavy atom. The molecule has 8 heteroatoms. The van der Waals surface area contributed by atoms with Crippen LogP contribution in [0.1, 0.15) is 25.7 Å². The van der Waals surface area contributed by atoms with Crippen molar-refractivity contribution in [2.24, 2.45) is 0 Å². The molecule has 0 heterocycles. The molecule has 0 bridgehead atoms. The number of rotatable bonds is 10. The minimum atomic E-state index is -0.0787. The number of hydrogen-bond acceptors (Lipinski definition) is 4. The van der Waals surface area contributed by atoms with Crippen LogP contribution in [-0.4, -0.2) is 37.1 Å². The van der Waals surface area contributed by atoms with Crippen LogP contribution in [0.2, 0.25) is 10.0 Å². The molecule has 1 saturated carbocycles.